The van der Waals surface area contributed by atoms with Gasteiger partial charge in [0.05, 0.1) is 24.8 Å². The molecule has 39 heavy (non-hydrogen) atoms. The van der Waals surface area contributed by atoms with Crippen LogP contribution in [0.3, 0.4) is 0 Å². The van der Waals surface area contributed by atoms with Crippen LogP contribution >= 0.6 is 0 Å². The van der Waals surface area contributed by atoms with E-state index >= 15 is 0 Å². The number of nitrogens with zero attached hydrogens (tertiary/aromatic N) is 2. The first-order valence-corrected chi connectivity index (χ1v) is 13.7. The number of benzene rings is 2. The average molecular weight is 533 g/mol. The summed E-state index contributed by atoms with van der Waals surface area (Å²) in [6.07, 6.45) is 2.39. The molecule has 0 aromatic heterocycles. The van der Waals surface area contributed by atoms with Gasteiger partial charge >= 0.3 is 0 Å². The van der Waals surface area contributed by atoms with Gasteiger partial charge in [0.1, 0.15) is 18.1 Å². The summed E-state index contributed by atoms with van der Waals surface area (Å²) in [6.45, 7) is 16.7. The predicted molar refractivity (Wildman–Crippen MR) is 153 cm³/mol. The molecule has 7 nitrogen and oxygen atoms in total. The fourth-order valence-electron chi connectivity index (χ4n) is 5.17. The maximum Gasteiger partial charge on any atom is 0.295 e. The minimum absolute atomic E-state index is 0.0363. The fourth-order valence-corrected chi connectivity index (χ4v) is 5.17. The molecule has 0 unspecified atom stereocenters. The average Bonchev–Trinajstić information content (AvgIpc) is 3.17. The van der Waals surface area contributed by atoms with Crippen molar-refractivity contribution in [2.45, 2.75) is 45.6 Å². The lowest BCUT2D eigenvalue weighted by atomic mass is 9.85. The molecular formula is C32H40N2O5. The molecule has 2 aromatic carbocycles. The SMILES string of the molecule is C=CCOc1ccc(C(O)=C2C(=O)C(=O)N(CCCN3CCOCC3)[C@@H]2c2ccc(C(C)(C)C)cc2)cc1C. The fraction of sp³-hybridized carbons (Fsp3) is 0.438. The van der Waals surface area contributed by atoms with Crippen LogP contribution in [0.2, 0.25) is 0 Å². The first-order chi connectivity index (χ1) is 18.6. The number of likely N-dealkylation sites (tertiary alicyclic amines) is 1. The van der Waals surface area contributed by atoms with E-state index in [2.05, 4.69) is 32.3 Å². The van der Waals surface area contributed by atoms with Crippen LogP contribution in [0.5, 0.6) is 5.75 Å². The van der Waals surface area contributed by atoms with Gasteiger partial charge in [0.15, 0.2) is 0 Å². The third-order valence-electron chi connectivity index (χ3n) is 7.41. The first kappa shape index (κ1) is 28.6. The molecule has 2 aromatic rings. The van der Waals surface area contributed by atoms with Gasteiger partial charge < -0.3 is 19.5 Å². The lowest BCUT2D eigenvalue weighted by Crippen LogP contribution is -2.39. The van der Waals surface area contributed by atoms with Gasteiger partial charge in [-0.15, -0.1) is 0 Å². The number of carbonyl (C=O) groups excluding carboxylic acids is 2. The van der Waals surface area contributed by atoms with Gasteiger partial charge in [-0.2, -0.15) is 0 Å². The minimum atomic E-state index is -0.666. The molecule has 1 amide bonds. The number of ketones is 1. The van der Waals surface area contributed by atoms with E-state index in [1.165, 1.54) is 0 Å². The summed E-state index contributed by atoms with van der Waals surface area (Å²) in [5, 5.41) is 11.5. The minimum Gasteiger partial charge on any atom is -0.507 e. The van der Waals surface area contributed by atoms with Crippen molar-refractivity contribution in [2.75, 3.05) is 46.0 Å². The molecule has 2 aliphatic heterocycles. The van der Waals surface area contributed by atoms with Crippen LogP contribution in [0, 0.1) is 6.92 Å². The van der Waals surface area contributed by atoms with Gasteiger partial charge in [0.2, 0.25) is 0 Å². The van der Waals surface area contributed by atoms with E-state index in [0.29, 0.717) is 37.7 Å². The van der Waals surface area contributed by atoms with Crippen LogP contribution in [0.25, 0.3) is 5.76 Å². The monoisotopic (exact) mass is 532 g/mol. The molecule has 2 fully saturated rings. The maximum atomic E-state index is 13.4. The number of carbonyl (C=O) groups is 2. The van der Waals surface area contributed by atoms with Crippen LogP contribution in [0.1, 0.15) is 55.5 Å². The molecular weight excluding hydrogens is 492 g/mol. The zero-order chi connectivity index (χ0) is 28.2. The van der Waals surface area contributed by atoms with E-state index < -0.39 is 17.7 Å². The van der Waals surface area contributed by atoms with E-state index in [9.17, 15) is 14.7 Å². The quantitative estimate of drug-likeness (QED) is 0.212. The Kier molecular flexibility index (Phi) is 8.93. The van der Waals surface area contributed by atoms with Crippen LogP contribution in [-0.4, -0.2) is 72.6 Å². The van der Waals surface area contributed by atoms with Crippen LogP contribution < -0.4 is 4.74 Å². The van der Waals surface area contributed by atoms with Crippen molar-refractivity contribution >= 4 is 17.4 Å². The molecule has 0 aliphatic carbocycles. The number of hydrogen-bond donors (Lipinski definition) is 1. The molecule has 2 aliphatic rings. The molecule has 2 saturated heterocycles. The Bertz CT molecular complexity index is 1240. The van der Waals surface area contributed by atoms with Gasteiger partial charge in [-0.25, -0.2) is 0 Å². The largest absolute Gasteiger partial charge is 0.507 e. The second-order valence-electron chi connectivity index (χ2n) is 11.3. The number of hydrogen-bond acceptors (Lipinski definition) is 6. The summed E-state index contributed by atoms with van der Waals surface area (Å²) in [5.41, 5.74) is 3.33. The van der Waals surface area contributed by atoms with Crippen LogP contribution in [0.15, 0.2) is 60.7 Å². The molecule has 1 atom stereocenters. The molecule has 0 bridgehead atoms. The zero-order valence-corrected chi connectivity index (χ0v) is 23.5. The maximum absolute atomic E-state index is 13.4. The van der Waals surface area contributed by atoms with Crippen molar-refractivity contribution in [3.63, 3.8) is 0 Å². The third kappa shape index (κ3) is 6.43. The van der Waals surface area contributed by atoms with Gasteiger partial charge in [-0.3, -0.25) is 14.5 Å². The lowest BCUT2D eigenvalue weighted by Gasteiger charge is -2.29. The summed E-state index contributed by atoms with van der Waals surface area (Å²) in [7, 11) is 0. The molecule has 7 heteroatoms. The van der Waals surface area contributed by atoms with Crippen molar-refractivity contribution in [1.29, 1.82) is 0 Å². The summed E-state index contributed by atoms with van der Waals surface area (Å²) in [5.74, 6) is -0.740. The number of morpholine rings is 1. The normalized spacial score (nSPS) is 19.9. The van der Waals surface area contributed by atoms with Crippen molar-refractivity contribution < 1.29 is 24.2 Å². The lowest BCUT2D eigenvalue weighted by molar-refractivity contribution is -0.140. The van der Waals surface area contributed by atoms with Gasteiger partial charge in [0, 0.05) is 31.7 Å². The van der Waals surface area contributed by atoms with Crippen molar-refractivity contribution in [3.8, 4) is 5.75 Å². The Balaban J connectivity index is 1.70. The Hall–Kier alpha value is -3.42. The van der Waals surface area contributed by atoms with Gasteiger partial charge in [-0.1, -0.05) is 57.7 Å². The Morgan fingerprint density at radius 2 is 1.79 bits per heavy atom. The van der Waals surface area contributed by atoms with E-state index in [4.69, 9.17) is 9.47 Å². The number of aliphatic hydroxyl groups is 1. The van der Waals surface area contributed by atoms with Crippen molar-refractivity contribution in [3.05, 3.63) is 82.9 Å². The topological polar surface area (TPSA) is 79.3 Å². The highest BCUT2D eigenvalue weighted by atomic mass is 16.5. The standard InChI is InChI=1S/C32H40N2O5/c1-6-18-39-26-13-10-24(21-22(26)2)29(35)27-28(23-8-11-25(12-9-23)32(3,4)5)34(31(37)30(27)36)15-7-14-33-16-19-38-20-17-33/h6,8-13,21,28,35H,1,7,14-20H2,2-5H3/t28-/m1/s1. The molecule has 0 radical (unpaired) electrons. The number of aliphatic hydroxyl groups excluding tert-OH is 1. The highest BCUT2D eigenvalue weighted by molar-refractivity contribution is 6.46. The van der Waals surface area contributed by atoms with E-state index in [0.717, 1.165) is 42.7 Å². The Morgan fingerprint density at radius 1 is 1.10 bits per heavy atom. The molecule has 0 spiro atoms. The number of ether oxygens (including phenoxy) is 2. The summed E-state index contributed by atoms with van der Waals surface area (Å²) in [6, 6.07) is 12.6. The highest BCUT2D eigenvalue weighted by Gasteiger charge is 2.46. The molecule has 208 valence electrons. The molecule has 0 saturated carbocycles. The number of aryl methyl sites for hydroxylation is 1. The van der Waals surface area contributed by atoms with Crippen molar-refractivity contribution in [1.82, 2.24) is 9.80 Å². The number of rotatable bonds is 9. The Labute approximate surface area is 231 Å². The van der Waals surface area contributed by atoms with E-state index in [-0.39, 0.29) is 16.7 Å². The third-order valence-corrected chi connectivity index (χ3v) is 7.41. The molecule has 4 rings (SSSR count). The summed E-state index contributed by atoms with van der Waals surface area (Å²) in [4.78, 5) is 30.7. The zero-order valence-electron chi connectivity index (χ0n) is 23.5. The smallest absolute Gasteiger partial charge is 0.295 e. The summed E-state index contributed by atoms with van der Waals surface area (Å²) >= 11 is 0. The number of amides is 1. The van der Waals surface area contributed by atoms with Gasteiger partial charge in [-0.05, 0) is 53.6 Å². The van der Waals surface area contributed by atoms with Crippen LogP contribution in [0.4, 0.5) is 0 Å². The second-order valence-corrected chi connectivity index (χ2v) is 11.3. The molecule has 1 N–H and O–H groups in total. The van der Waals surface area contributed by atoms with Crippen LogP contribution in [-0.2, 0) is 19.7 Å². The van der Waals surface area contributed by atoms with Crippen molar-refractivity contribution in [2.24, 2.45) is 0 Å². The van der Waals surface area contributed by atoms with E-state index in [1.54, 1.807) is 29.2 Å². The summed E-state index contributed by atoms with van der Waals surface area (Å²) < 4.78 is 11.1. The molecule has 2 heterocycles. The number of Topliss-reactive ketones (excluding diaryl/α,β-unsaturated/α-hetero) is 1. The first-order valence-electron chi connectivity index (χ1n) is 13.7. The second kappa shape index (κ2) is 12.2. The van der Waals surface area contributed by atoms with Gasteiger partial charge in [0.25, 0.3) is 11.7 Å². The Morgan fingerprint density at radius 3 is 2.41 bits per heavy atom. The predicted octanol–water partition coefficient (Wildman–Crippen LogP) is 5.00. The van der Waals surface area contributed by atoms with E-state index in [1.807, 2.05) is 31.2 Å². The highest BCUT2D eigenvalue weighted by Crippen LogP contribution is 2.40.